The van der Waals surface area contributed by atoms with Gasteiger partial charge in [-0.25, -0.2) is 9.78 Å². The van der Waals surface area contributed by atoms with Gasteiger partial charge < -0.3 is 20.1 Å². The summed E-state index contributed by atoms with van der Waals surface area (Å²) in [5.74, 6) is -0.945. The number of halogens is 1. The average molecular weight is 550 g/mol. The van der Waals surface area contributed by atoms with Crippen molar-refractivity contribution in [1.82, 2.24) is 15.2 Å². The van der Waals surface area contributed by atoms with Gasteiger partial charge in [0.25, 0.3) is 5.91 Å². The van der Waals surface area contributed by atoms with Crippen molar-refractivity contribution < 1.29 is 19.4 Å². The van der Waals surface area contributed by atoms with Crippen LogP contribution in [-0.4, -0.2) is 59.7 Å². The number of aromatic nitrogens is 1. The number of hydrogen-bond acceptors (Lipinski definition) is 5. The molecule has 0 unspecified atom stereocenters. The second-order valence-corrected chi connectivity index (χ2v) is 10.9. The smallest absolute Gasteiger partial charge is 0.329 e. The molecule has 8 heteroatoms. The van der Waals surface area contributed by atoms with Crippen LogP contribution in [0.15, 0.2) is 54.6 Å². The average Bonchev–Trinajstić information content (AvgIpc) is 2.92. The summed E-state index contributed by atoms with van der Waals surface area (Å²) in [6, 6.07) is 17.0. The number of aliphatic carboxylic acids is 1. The molecule has 1 saturated carbocycles. The van der Waals surface area contributed by atoms with E-state index < -0.39 is 17.4 Å². The van der Waals surface area contributed by atoms with Gasteiger partial charge in [-0.2, -0.15) is 0 Å². The Morgan fingerprint density at radius 2 is 1.79 bits per heavy atom. The molecule has 206 valence electrons. The minimum Gasteiger partial charge on any atom is -0.492 e. The van der Waals surface area contributed by atoms with Crippen molar-refractivity contribution in [3.63, 3.8) is 0 Å². The highest BCUT2D eigenvalue weighted by atomic mass is 35.5. The first-order valence-corrected chi connectivity index (χ1v) is 13.8. The Labute approximate surface area is 235 Å². The third-order valence-electron chi connectivity index (χ3n) is 7.24. The standard InChI is InChI=1S/C31H36ClN3O4/c1-21-10-5-6-11-23(21)24-13-15-26(29(36)34-31(30(37)38)16-7-4-8-17-31)33-28(24)22-12-14-25(32)27(20-22)39-19-9-18-35(2)3/h5-6,10-15,20H,4,7-9,16-19H2,1-3H3,(H,34,36)(H,37,38). The second kappa shape index (κ2) is 12.6. The molecule has 0 aliphatic heterocycles. The minimum absolute atomic E-state index is 0.164. The SMILES string of the molecule is Cc1ccccc1-c1ccc(C(=O)NC2(C(=O)O)CCCCC2)nc1-c1ccc(Cl)c(OCCCN(C)C)c1. The maximum absolute atomic E-state index is 13.4. The van der Waals surface area contributed by atoms with Crippen LogP contribution in [0.3, 0.4) is 0 Å². The predicted molar refractivity (Wildman–Crippen MR) is 154 cm³/mol. The minimum atomic E-state index is -1.26. The molecule has 4 rings (SSSR count). The van der Waals surface area contributed by atoms with Crippen LogP contribution in [0.25, 0.3) is 22.4 Å². The van der Waals surface area contributed by atoms with Gasteiger partial charge in [-0.05, 0) is 75.7 Å². The second-order valence-electron chi connectivity index (χ2n) is 10.5. The largest absolute Gasteiger partial charge is 0.492 e. The summed E-state index contributed by atoms with van der Waals surface area (Å²) < 4.78 is 6.01. The Hall–Kier alpha value is -3.42. The van der Waals surface area contributed by atoms with E-state index in [2.05, 4.69) is 10.2 Å². The first-order valence-electron chi connectivity index (χ1n) is 13.4. The van der Waals surface area contributed by atoms with Gasteiger partial charge in [0.1, 0.15) is 17.0 Å². The van der Waals surface area contributed by atoms with E-state index >= 15 is 0 Å². The number of amides is 1. The highest BCUT2D eigenvalue weighted by molar-refractivity contribution is 6.32. The lowest BCUT2D eigenvalue weighted by Gasteiger charge is -2.33. The number of carbonyl (C=O) groups excluding carboxylic acids is 1. The topological polar surface area (TPSA) is 91.8 Å². The van der Waals surface area contributed by atoms with Gasteiger partial charge in [0.15, 0.2) is 0 Å². The maximum Gasteiger partial charge on any atom is 0.329 e. The zero-order valence-electron chi connectivity index (χ0n) is 22.8. The molecule has 3 aromatic rings. The Balaban J connectivity index is 1.73. The van der Waals surface area contributed by atoms with E-state index in [1.54, 1.807) is 12.1 Å². The highest BCUT2D eigenvalue weighted by Gasteiger charge is 2.41. The van der Waals surface area contributed by atoms with Crippen LogP contribution in [0.2, 0.25) is 5.02 Å². The van der Waals surface area contributed by atoms with Crippen LogP contribution >= 0.6 is 11.6 Å². The van der Waals surface area contributed by atoms with E-state index in [0.29, 0.717) is 35.9 Å². The molecule has 1 heterocycles. The van der Waals surface area contributed by atoms with Gasteiger partial charge in [0.2, 0.25) is 0 Å². The predicted octanol–water partition coefficient (Wildman–Crippen LogP) is 6.23. The number of benzene rings is 2. The van der Waals surface area contributed by atoms with Crippen LogP contribution in [-0.2, 0) is 4.79 Å². The molecular formula is C31H36ClN3O4. The van der Waals surface area contributed by atoms with Crippen LogP contribution in [0.5, 0.6) is 5.75 Å². The third-order valence-corrected chi connectivity index (χ3v) is 7.56. The number of aryl methyl sites for hydroxylation is 1. The molecule has 1 aromatic heterocycles. The van der Waals surface area contributed by atoms with Gasteiger partial charge in [0.05, 0.1) is 17.3 Å². The molecule has 39 heavy (non-hydrogen) atoms. The molecule has 1 fully saturated rings. The summed E-state index contributed by atoms with van der Waals surface area (Å²) in [7, 11) is 4.03. The molecule has 0 spiro atoms. The Morgan fingerprint density at radius 1 is 1.05 bits per heavy atom. The Kier molecular flexibility index (Phi) is 9.25. The summed E-state index contributed by atoms with van der Waals surface area (Å²) in [6.07, 6.45) is 4.16. The number of ether oxygens (including phenoxy) is 1. The lowest BCUT2D eigenvalue weighted by molar-refractivity contribution is -0.145. The normalized spacial score (nSPS) is 14.7. The lowest BCUT2D eigenvalue weighted by atomic mass is 9.81. The molecule has 1 aliphatic rings. The Morgan fingerprint density at radius 3 is 2.49 bits per heavy atom. The van der Waals surface area contributed by atoms with Crippen molar-refractivity contribution in [1.29, 1.82) is 0 Å². The number of hydrogen-bond donors (Lipinski definition) is 2. The summed E-state index contributed by atoms with van der Waals surface area (Å²) >= 11 is 6.47. The van der Waals surface area contributed by atoms with Gasteiger partial charge >= 0.3 is 5.97 Å². The summed E-state index contributed by atoms with van der Waals surface area (Å²) in [5, 5.41) is 13.3. The third kappa shape index (κ3) is 6.78. The summed E-state index contributed by atoms with van der Waals surface area (Å²) in [4.78, 5) is 32.4. The molecule has 2 N–H and O–H groups in total. The van der Waals surface area contributed by atoms with Crippen molar-refractivity contribution in [3.05, 3.63) is 70.9 Å². The van der Waals surface area contributed by atoms with Gasteiger partial charge in [0, 0.05) is 17.7 Å². The number of carboxylic acid groups (broad SMARTS) is 1. The molecular weight excluding hydrogens is 514 g/mol. The Bertz CT molecular complexity index is 1340. The van der Waals surface area contributed by atoms with E-state index in [1.807, 2.05) is 63.5 Å². The molecule has 1 aliphatic carbocycles. The molecule has 0 bridgehead atoms. The van der Waals surface area contributed by atoms with Crippen molar-refractivity contribution >= 4 is 23.5 Å². The zero-order chi connectivity index (χ0) is 28.0. The number of carboxylic acids is 1. The fourth-order valence-electron chi connectivity index (χ4n) is 5.05. The number of nitrogens with zero attached hydrogens (tertiary/aromatic N) is 2. The van der Waals surface area contributed by atoms with E-state index in [-0.39, 0.29) is 5.69 Å². The number of pyridine rings is 1. The first-order chi connectivity index (χ1) is 18.7. The van der Waals surface area contributed by atoms with Crippen molar-refractivity contribution in [2.45, 2.75) is 51.0 Å². The van der Waals surface area contributed by atoms with Crippen LogP contribution in [0.4, 0.5) is 0 Å². The first kappa shape index (κ1) is 28.6. The van der Waals surface area contributed by atoms with Gasteiger partial charge in [-0.15, -0.1) is 0 Å². The fraction of sp³-hybridized carbons (Fsp3) is 0.387. The van der Waals surface area contributed by atoms with Crippen molar-refractivity contribution in [3.8, 4) is 28.1 Å². The zero-order valence-corrected chi connectivity index (χ0v) is 23.6. The maximum atomic E-state index is 13.4. The van der Waals surface area contributed by atoms with Gasteiger partial charge in [-0.1, -0.05) is 61.2 Å². The van der Waals surface area contributed by atoms with E-state index in [1.165, 1.54) is 0 Å². The summed E-state index contributed by atoms with van der Waals surface area (Å²) in [5.41, 5.74) is 3.16. The number of nitrogens with one attached hydrogen (secondary N) is 1. The fourth-order valence-corrected chi connectivity index (χ4v) is 5.22. The van der Waals surface area contributed by atoms with E-state index in [0.717, 1.165) is 54.5 Å². The number of rotatable bonds is 10. The summed E-state index contributed by atoms with van der Waals surface area (Å²) in [6.45, 7) is 3.44. The van der Waals surface area contributed by atoms with E-state index in [4.69, 9.17) is 21.3 Å². The molecule has 0 saturated heterocycles. The van der Waals surface area contributed by atoms with Gasteiger partial charge in [-0.3, -0.25) is 4.79 Å². The van der Waals surface area contributed by atoms with Crippen molar-refractivity contribution in [2.75, 3.05) is 27.2 Å². The molecule has 7 nitrogen and oxygen atoms in total. The molecule has 0 radical (unpaired) electrons. The monoisotopic (exact) mass is 549 g/mol. The molecule has 1 amide bonds. The van der Waals surface area contributed by atoms with Crippen LogP contribution in [0, 0.1) is 6.92 Å². The van der Waals surface area contributed by atoms with Crippen LogP contribution < -0.4 is 10.1 Å². The molecule has 0 atom stereocenters. The van der Waals surface area contributed by atoms with Crippen LogP contribution in [0.1, 0.15) is 54.6 Å². The lowest BCUT2D eigenvalue weighted by Crippen LogP contribution is -2.55. The van der Waals surface area contributed by atoms with Crippen molar-refractivity contribution in [2.24, 2.45) is 0 Å². The quantitative estimate of drug-likeness (QED) is 0.291. The molecule has 2 aromatic carbocycles. The highest BCUT2D eigenvalue weighted by Crippen LogP contribution is 2.37. The van der Waals surface area contributed by atoms with E-state index in [9.17, 15) is 14.7 Å². The number of carbonyl (C=O) groups is 2.